The summed E-state index contributed by atoms with van der Waals surface area (Å²) in [5, 5.41) is 20.0. The molecule has 5 rings (SSSR count). The number of ether oxygens (including phenoxy) is 1. The Labute approximate surface area is 238 Å². The average Bonchev–Trinajstić information content (AvgIpc) is 2.98. The Hall–Kier alpha value is -4.87. The molecule has 1 unspecified atom stereocenters. The van der Waals surface area contributed by atoms with E-state index in [4.69, 9.17) is 14.6 Å². The zero-order valence-electron chi connectivity index (χ0n) is 22.1. The molecule has 2 aliphatic heterocycles. The zero-order chi connectivity index (χ0) is 30.5. The fourth-order valence-corrected chi connectivity index (χ4v) is 4.86. The molecule has 220 valence electrons. The first-order valence-corrected chi connectivity index (χ1v) is 12.9. The van der Waals surface area contributed by atoms with Crippen molar-refractivity contribution in [3.8, 4) is 0 Å². The van der Waals surface area contributed by atoms with Crippen molar-refractivity contribution in [3.63, 3.8) is 0 Å². The van der Waals surface area contributed by atoms with Gasteiger partial charge in [0.25, 0.3) is 5.91 Å². The lowest BCUT2D eigenvalue weighted by atomic mass is 9.86. The molecule has 3 N–H and O–H groups in total. The Morgan fingerprint density at radius 1 is 0.905 bits per heavy atom. The van der Waals surface area contributed by atoms with Gasteiger partial charge in [-0.05, 0) is 54.3 Å². The van der Waals surface area contributed by atoms with Gasteiger partial charge in [0.15, 0.2) is 0 Å². The van der Waals surface area contributed by atoms with E-state index >= 15 is 0 Å². The summed E-state index contributed by atoms with van der Waals surface area (Å²) < 4.78 is 37.3. The number of alkyl halides is 3. The van der Waals surface area contributed by atoms with Crippen LogP contribution in [0.1, 0.15) is 50.8 Å². The average molecular weight is 585 g/mol. The summed E-state index contributed by atoms with van der Waals surface area (Å²) in [5.74, 6) is -4.68. The molecular weight excluding hydrogens is 557 g/mol. The molecular formula is C30H27F3N2O7. The molecule has 0 radical (unpaired) electrons. The second-order valence-corrected chi connectivity index (χ2v) is 9.85. The number of carbonyl (C=O) groups excluding carboxylic acids is 2. The minimum Gasteiger partial charge on any atom is -0.480 e. The van der Waals surface area contributed by atoms with Crippen LogP contribution in [0.25, 0.3) is 0 Å². The monoisotopic (exact) mass is 584 g/mol. The van der Waals surface area contributed by atoms with Crippen molar-refractivity contribution in [2.45, 2.75) is 37.1 Å². The van der Waals surface area contributed by atoms with Gasteiger partial charge in [-0.2, -0.15) is 13.2 Å². The highest BCUT2D eigenvalue weighted by Crippen LogP contribution is 2.32. The second-order valence-electron chi connectivity index (χ2n) is 9.85. The van der Waals surface area contributed by atoms with Crippen molar-refractivity contribution in [2.75, 3.05) is 18.0 Å². The maximum absolute atomic E-state index is 13.2. The van der Waals surface area contributed by atoms with Crippen LogP contribution in [0.4, 0.5) is 18.9 Å². The van der Waals surface area contributed by atoms with Crippen molar-refractivity contribution in [2.24, 2.45) is 0 Å². The molecule has 1 amide bonds. The fourth-order valence-electron chi connectivity index (χ4n) is 4.86. The van der Waals surface area contributed by atoms with Crippen molar-refractivity contribution in [1.29, 1.82) is 0 Å². The van der Waals surface area contributed by atoms with Crippen LogP contribution < -0.4 is 10.2 Å². The van der Waals surface area contributed by atoms with Crippen LogP contribution in [-0.2, 0) is 20.7 Å². The van der Waals surface area contributed by atoms with Crippen molar-refractivity contribution < 1.29 is 47.3 Å². The van der Waals surface area contributed by atoms with Gasteiger partial charge in [0.1, 0.15) is 11.6 Å². The lowest BCUT2D eigenvalue weighted by Gasteiger charge is -2.40. The van der Waals surface area contributed by atoms with Crippen LogP contribution in [0.3, 0.4) is 0 Å². The third-order valence-corrected chi connectivity index (χ3v) is 7.16. The third-order valence-electron chi connectivity index (χ3n) is 7.16. The summed E-state index contributed by atoms with van der Waals surface area (Å²) in [4.78, 5) is 49.0. The number of rotatable bonds is 5. The van der Waals surface area contributed by atoms with Gasteiger partial charge in [-0.1, -0.05) is 48.5 Å². The Bertz CT molecular complexity index is 1450. The summed E-state index contributed by atoms with van der Waals surface area (Å²) in [7, 11) is 0. The van der Waals surface area contributed by atoms with E-state index in [1.807, 2.05) is 60.7 Å². The predicted octanol–water partition coefficient (Wildman–Crippen LogP) is 4.63. The minimum absolute atomic E-state index is 0.288. The molecule has 1 fully saturated rings. The van der Waals surface area contributed by atoms with Crippen molar-refractivity contribution in [1.82, 2.24) is 5.32 Å². The molecule has 0 spiro atoms. The molecule has 42 heavy (non-hydrogen) atoms. The van der Waals surface area contributed by atoms with E-state index in [0.29, 0.717) is 36.2 Å². The Morgan fingerprint density at radius 3 is 2.02 bits per heavy atom. The number of halogens is 3. The highest BCUT2D eigenvalue weighted by Gasteiger charge is 2.43. The number of carboxylic acid groups (broad SMARTS) is 2. The molecule has 9 nitrogen and oxygen atoms in total. The van der Waals surface area contributed by atoms with E-state index in [-0.39, 0.29) is 12.8 Å². The van der Waals surface area contributed by atoms with E-state index in [9.17, 15) is 32.7 Å². The first kappa shape index (κ1) is 30.1. The molecule has 0 saturated carbocycles. The number of benzene rings is 3. The molecule has 0 bridgehead atoms. The lowest BCUT2D eigenvalue weighted by Crippen LogP contribution is -2.60. The quantitative estimate of drug-likeness (QED) is 0.370. The number of nitrogens with one attached hydrogen (secondary N) is 1. The highest BCUT2D eigenvalue weighted by molar-refractivity contribution is 6.00. The highest BCUT2D eigenvalue weighted by atomic mass is 19.4. The molecule has 12 heteroatoms. The van der Waals surface area contributed by atoms with Crippen LogP contribution in [0.2, 0.25) is 0 Å². The van der Waals surface area contributed by atoms with E-state index in [1.54, 1.807) is 18.2 Å². The van der Waals surface area contributed by atoms with Gasteiger partial charge in [-0.3, -0.25) is 4.79 Å². The Kier molecular flexibility index (Phi) is 8.84. The van der Waals surface area contributed by atoms with Crippen LogP contribution >= 0.6 is 0 Å². The van der Waals surface area contributed by atoms with Crippen molar-refractivity contribution in [3.05, 3.63) is 101 Å². The summed E-state index contributed by atoms with van der Waals surface area (Å²) >= 11 is 0. The standard InChI is InChI=1S/C28H26N2O5.C2HF3O2/c31-25(29-28(27(33)34)13-15-30(16-14-28)22-9-5-2-6-10-22)20-11-12-23-21(17-20)18-24(35-26(23)32)19-7-3-1-4-8-19;3-2(4,5)1(6)7/h1-12,17,24H,13-16,18H2,(H,29,31)(H,33,34);(H,6,7). The topological polar surface area (TPSA) is 133 Å². The zero-order valence-corrected chi connectivity index (χ0v) is 22.1. The maximum atomic E-state index is 13.2. The molecule has 3 aromatic carbocycles. The Balaban J connectivity index is 0.000000517. The number of esters is 1. The predicted molar refractivity (Wildman–Crippen MR) is 144 cm³/mol. The first-order chi connectivity index (χ1) is 19.9. The van der Waals surface area contributed by atoms with E-state index in [2.05, 4.69) is 10.2 Å². The van der Waals surface area contributed by atoms with E-state index in [0.717, 1.165) is 11.3 Å². The van der Waals surface area contributed by atoms with Gasteiger partial charge >= 0.3 is 24.1 Å². The number of piperidine rings is 1. The molecule has 1 saturated heterocycles. The SMILES string of the molecule is O=C(NC1(C(=O)O)CCN(c2ccccc2)CC1)c1ccc2c(c1)CC(c1ccccc1)OC2=O.O=C(O)C(F)(F)F. The van der Waals surface area contributed by atoms with Crippen molar-refractivity contribution >= 4 is 29.5 Å². The normalized spacial score (nSPS) is 17.5. The van der Waals surface area contributed by atoms with Gasteiger partial charge < -0.3 is 25.2 Å². The minimum atomic E-state index is -5.08. The van der Waals surface area contributed by atoms with Crippen LogP contribution in [0.15, 0.2) is 78.9 Å². The molecule has 3 aromatic rings. The van der Waals surface area contributed by atoms with Gasteiger partial charge in [0, 0.05) is 30.8 Å². The molecule has 2 aliphatic rings. The van der Waals surface area contributed by atoms with Gasteiger partial charge in [-0.15, -0.1) is 0 Å². The van der Waals surface area contributed by atoms with Crippen LogP contribution in [-0.4, -0.2) is 58.8 Å². The largest absolute Gasteiger partial charge is 0.490 e. The number of carboxylic acids is 2. The number of carbonyl (C=O) groups is 4. The summed E-state index contributed by atoms with van der Waals surface area (Å²) in [6.45, 7) is 1.04. The fraction of sp³-hybridized carbons (Fsp3) is 0.267. The van der Waals surface area contributed by atoms with Crippen LogP contribution in [0, 0.1) is 0 Å². The van der Waals surface area contributed by atoms with Gasteiger partial charge in [0.05, 0.1) is 5.56 Å². The van der Waals surface area contributed by atoms with Gasteiger partial charge in [0.2, 0.25) is 0 Å². The lowest BCUT2D eigenvalue weighted by molar-refractivity contribution is -0.192. The third kappa shape index (κ3) is 6.88. The second kappa shape index (κ2) is 12.3. The molecule has 0 aliphatic carbocycles. The number of amides is 1. The van der Waals surface area contributed by atoms with E-state index < -0.39 is 41.6 Å². The summed E-state index contributed by atoms with van der Waals surface area (Å²) in [5.41, 5.74) is 2.05. The number of nitrogens with zero attached hydrogens (tertiary/aromatic N) is 1. The Morgan fingerprint density at radius 2 is 1.48 bits per heavy atom. The number of aliphatic carboxylic acids is 2. The molecule has 0 aromatic heterocycles. The summed E-state index contributed by atoms with van der Waals surface area (Å²) in [6.07, 6.45) is -4.49. The number of hydrogen-bond acceptors (Lipinski definition) is 6. The molecule has 2 heterocycles. The number of cyclic esters (lactones) is 1. The molecule has 1 atom stereocenters. The first-order valence-electron chi connectivity index (χ1n) is 12.9. The van der Waals surface area contributed by atoms with Gasteiger partial charge in [-0.25, -0.2) is 14.4 Å². The number of fused-ring (bicyclic) bond motifs is 1. The smallest absolute Gasteiger partial charge is 0.480 e. The van der Waals surface area contributed by atoms with E-state index in [1.165, 1.54) is 0 Å². The number of para-hydroxylation sites is 1. The number of anilines is 1. The van der Waals surface area contributed by atoms with Crippen LogP contribution in [0.5, 0.6) is 0 Å². The summed E-state index contributed by atoms with van der Waals surface area (Å²) in [6, 6.07) is 24.1. The maximum Gasteiger partial charge on any atom is 0.490 e. The number of hydrogen-bond donors (Lipinski definition) is 3.